The van der Waals surface area contributed by atoms with Crippen LogP contribution >= 0.6 is 7.60 Å². The van der Waals surface area contributed by atoms with Crippen molar-refractivity contribution in [2.45, 2.75) is 53.4 Å². The third kappa shape index (κ3) is 6.48. The summed E-state index contributed by atoms with van der Waals surface area (Å²) in [6, 6.07) is 8.31. The van der Waals surface area contributed by atoms with E-state index in [1.54, 1.807) is 5.82 Å². The Balaban J connectivity index is 3.08. The van der Waals surface area contributed by atoms with Gasteiger partial charge in [0.1, 0.15) is 0 Å². The maximum absolute atomic E-state index is 12.8. The zero-order valence-corrected chi connectivity index (χ0v) is 15.2. The molecule has 4 heteroatoms. The van der Waals surface area contributed by atoms with Crippen molar-refractivity contribution < 1.29 is 13.6 Å². The van der Waals surface area contributed by atoms with Gasteiger partial charge in [0.15, 0.2) is 0 Å². The largest absolute Gasteiger partial charge is 0.354 e. The number of hydrogen-bond acceptors (Lipinski definition) is 3. The van der Waals surface area contributed by atoms with Crippen LogP contribution in [0.5, 0.6) is 0 Å². The molecule has 0 spiro atoms. The van der Waals surface area contributed by atoms with Crippen LogP contribution < -0.4 is 0 Å². The first-order valence-corrected chi connectivity index (χ1v) is 9.83. The highest BCUT2D eigenvalue weighted by Crippen LogP contribution is 2.52. The molecule has 124 valence electrons. The van der Waals surface area contributed by atoms with Crippen LogP contribution in [0.15, 0.2) is 30.1 Å². The highest BCUT2D eigenvalue weighted by Gasteiger charge is 2.21. The second-order valence-electron chi connectivity index (χ2n) is 5.35. The number of rotatable bonds is 10. The van der Waals surface area contributed by atoms with E-state index >= 15 is 0 Å². The highest BCUT2D eigenvalue weighted by molar-refractivity contribution is 7.57. The minimum Gasteiger partial charge on any atom is -0.306 e. The molecule has 0 aromatic heterocycles. The standard InChI is InChI=1S/C18H29O3P/c1-5-8-9-10-18(17-13-11-16(4)12-14-17)15-22(19,20-6-2)21-7-3/h11-15H,5-10H2,1-4H3/b18-15-. The summed E-state index contributed by atoms with van der Waals surface area (Å²) in [6.45, 7) is 8.67. The third-order valence-corrected chi connectivity index (χ3v) is 5.27. The first-order valence-electron chi connectivity index (χ1n) is 8.22. The number of allylic oxidation sites excluding steroid dienone is 1. The van der Waals surface area contributed by atoms with Crippen molar-refractivity contribution in [2.75, 3.05) is 13.2 Å². The molecule has 0 N–H and O–H groups in total. The zero-order valence-electron chi connectivity index (χ0n) is 14.3. The maximum Gasteiger partial charge on any atom is 0.354 e. The Labute approximate surface area is 135 Å². The van der Waals surface area contributed by atoms with Crippen LogP contribution in [0.3, 0.4) is 0 Å². The molecule has 22 heavy (non-hydrogen) atoms. The van der Waals surface area contributed by atoms with Gasteiger partial charge in [0.2, 0.25) is 0 Å². The molecular formula is C18H29O3P. The molecule has 1 rings (SSSR count). The lowest BCUT2D eigenvalue weighted by Crippen LogP contribution is -1.95. The van der Waals surface area contributed by atoms with Crippen LogP contribution in [0.25, 0.3) is 5.57 Å². The fourth-order valence-electron chi connectivity index (χ4n) is 2.28. The van der Waals surface area contributed by atoms with Gasteiger partial charge in [-0.15, -0.1) is 0 Å². The molecule has 0 radical (unpaired) electrons. The van der Waals surface area contributed by atoms with E-state index in [2.05, 4.69) is 38.1 Å². The molecule has 0 aliphatic carbocycles. The molecule has 0 aliphatic heterocycles. The van der Waals surface area contributed by atoms with Crippen LogP contribution in [-0.2, 0) is 13.6 Å². The van der Waals surface area contributed by atoms with Crippen molar-refractivity contribution >= 4 is 13.2 Å². The van der Waals surface area contributed by atoms with Crippen molar-refractivity contribution in [3.8, 4) is 0 Å². The Kier molecular flexibility index (Phi) is 8.70. The first-order chi connectivity index (χ1) is 10.5. The lowest BCUT2D eigenvalue weighted by molar-refractivity contribution is 0.229. The van der Waals surface area contributed by atoms with E-state index in [-0.39, 0.29) is 0 Å². The van der Waals surface area contributed by atoms with Crippen molar-refractivity contribution in [1.82, 2.24) is 0 Å². The molecule has 1 aromatic carbocycles. The number of benzene rings is 1. The third-order valence-electron chi connectivity index (χ3n) is 3.40. The fourth-order valence-corrected chi connectivity index (χ4v) is 3.88. The van der Waals surface area contributed by atoms with Crippen molar-refractivity contribution in [1.29, 1.82) is 0 Å². The van der Waals surface area contributed by atoms with Gasteiger partial charge in [0, 0.05) is 5.82 Å². The van der Waals surface area contributed by atoms with E-state index in [1.807, 2.05) is 13.8 Å². The summed E-state index contributed by atoms with van der Waals surface area (Å²) in [5.41, 5.74) is 3.37. The molecule has 0 atom stereocenters. The van der Waals surface area contributed by atoms with Gasteiger partial charge in [-0.25, -0.2) is 0 Å². The summed E-state index contributed by atoms with van der Waals surface area (Å²) in [6.07, 6.45) is 4.29. The van der Waals surface area contributed by atoms with Gasteiger partial charge in [-0.05, 0) is 44.7 Å². The predicted octanol–water partition coefficient (Wildman–Crippen LogP) is 6.18. The number of aryl methyl sites for hydroxylation is 1. The van der Waals surface area contributed by atoms with Gasteiger partial charge < -0.3 is 9.05 Å². The maximum atomic E-state index is 12.8. The van der Waals surface area contributed by atoms with Gasteiger partial charge in [-0.1, -0.05) is 49.6 Å². The van der Waals surface area contributed by atoms with Gasteiger partial charge in [0.25, 0.3) is 0 Å². The number of hydrogen-bond donors (Lipinski definition) is 0. The molecule has 0 unspecified atom stereocenters. The monoisotopic (exact) mass is 324 g/mol. The van der Waals surface area contributed by atoms with Gasteiger partial charge in [-0.2, -0.15) is 0 Å². The molecule has 0 saturated heterocycles. The molecule has 0 amide bonds. The summed E-state index contributed by atoms with van der Waals surface area (Å²) >= 11 is 0. The number of unbranched alkanes of at least 4 members (excludes halogenated alkanes) is 2. The van der Waals surface area contributed by atoms with Crippen LogP contribution in [0.1, 0.15) is 57.6 Å². The Morgan fingerprint density at radius 3 is 2.14 bits per heavy atom. The van der Waals surface area contributed by atoms with E-state index in [0.717, 1.165) is 36.8 Å². The van der Waals surface area contributed by atoms with Crippen LogP contribution in [0.4, 0.5) is 0 Å². The van der Waals surface area contributed by atoms with E-state index in [9.17, 15) is 4.57 Å². The molecule has 0 saturated carbocycles. The molecule has 0 heterocycles. The minimum atomic E-state index is -3.16. The van der Waals surface area contributed by atoms with Gasteiger partial charge in [-0.3, -0.25) is 4.57 Å². The summed E-state index contributed by atoms with van der Waals surface area (Å²) < 4.78 is 23.6. The zero-order chi connectivity index (χ0) is 16.4. The van der Waals surface area contributed by atoms with Crippen LogP contribution in [0, 0.1) is 6.92 Å². The minimum absolute atomic E-state index is 0.379. The van der Waals surface area contributed by atoms with E-state index < -0.39 is 7.60 Å². The van der Waals surface area contributed by atoms with E-state index in [4.69, 9.17) is 9.05 Å². The fraction of sp³-hybridized carbons (Fsp3) is 0.556. The lowest BCUT2D eigenvalue weighted by atomic mass is 10.0. The smallest absolute Gasteiger partial charge is 0.306 e. The quantitative estimate of drug-likeness (QED) is 0.380. The molecule has 0 bridgehead atoms. The van der Waals surface area contributed by atoms with E-state index in [1.165, 1.54) is 5.56 Å². The van der Waals surface area contributed by atoms with Gasteiger partial charge >= 0.3 is 7.60 Å². The average Bonchev–Trinajstić information content (AvgIpc) is 2.48. The van der Waals surface area contributed by atoms with Crippen molar-refractivity contribution in [2.24, 2.45) is 0 Å². The van der Waals surface area contributed by atoms with Crippen LogP contribution in [0.2, 0.25) is 0 Å². The lowest BCUT2D eigenvalue weighted by Gasteiger charge is -2.16. The molecular weight excluding hydrogens is 295 g/mol. The summed E-state index contributed by atoms with van der Waals surface area (Å²) in [5, 5.41) is 0. The molecule has 0 fully saturated rings. The second kappa shape index (κ2) is 9.99. The topological polar surface area (TPSA) is 35.5 Å². The average molecular weight is 324 g/mol. The van der Waals surface area contributed by atoms with Crippen LogP contribution in [-0.4, -0.2) is 13.2 Å². The summed E-state index contributed by atoms with van der Waals surface area (Å²) in [7, 11) is -3.16. The van der Waals surface area contributed by atoms with Crippen molar-refractivity contribution in [3.63, 3.8) is 0 Å². The Morgan fingerprint density at radius 1 is 1.05 bits per heavy atom. The first kappa shape index (κ1) is 19.2. The Morgan fingerprint density at radius 2 is 1.64 bits per heavy atom. The van der Waals surface area contributed by atoms with Crippen molar-refractivity contribution in [3.05, 3.63) is 41.2 Å². The molecule has 3 nitrogen and oxygen atoms in total. The normalized spacial score (nSPS) is 12.6. The summed E-state index contributed by atoms with van der Waals surface area (Å²) in [5.74, 6) is 1.72. The summed E-state index contributed by atoms with van der Waals surface area (Å²) in [4.78, 5) is 0. The molecule has 0 aliphatic rings. The Hall–Kier alpha value is -0.890. The molecule has 1 aromatic rings. The highest BCUT2D eigenvalue weighted by atomic mass is 31.2. The van der Waals surface area contributed by atoms with Gasteiger partial charge in [0.05, 0.1) is 13.2 Å². The second-order valence-corrected chi connectivity index (χ2v) is 7.21. The SMILES string of the molecule is CCCCC/C(=C/P(=O)(OCC)OCC)c1ccc(C)cc1. The van der Waals surface area contributed by atoms with E-state index in [0.29, 0.717) is 13.2 Å². The predicted molar refractivity (Wildman–Crippen MR) is 94.2 cm³/mol. The Bertz CT molecular complexity index is 496.